The lowest BCUT2D eigenvalue weighted by Gasteiger charge is -2.24. The number of hydrogen-bond acceptors (Lipinski definition) is 15. The first-order valence-corrected chi connectivity index (χ1v) is 28.4. The van der Waals surface area contributed by atoms with Crippen molar-refractivity contribution in [2.24, 2.45) is 17.3 Å². The van der Waals surface area contributed by atoms with Crippen LogP contribution < -0.4 is 10.6 Å². The summed E-state index contributed by atoms with van der Waals surface area (Å²) < 4.78 is 21.6. The number of aliphatic hydroxyl groups is 1. The van der Waals surface area contributed by atoms with Gasteiger partial charge in [-0.2, -0.15) is 0 Å². The van der Waals surface area contributed by atoms with Crippen LogP contribution in [-0.2, 0) is 68.5 Å². The zero-order valence-electron chi connectivity index (χ0n) is 46.9. The molecule has 0 fully saturated rings. The molecule has 0 aromatic carbocycles. The first kappa shape index (κ1) is 70.3. The van der Waals surface area contributed by atoms with Gasteiger partial charge in [0, 0.05) is 94.3 Å². The summed E-state index contributed by atoms with van der Waals surface area (Å²) in [5.41, 5.74) is -0.363. The van der Waals surface area contributed by atoms with E-state index in [0.29, 0.717) is 57.4 Å². The van der Waals surface area contributed by atoms with E-state index in [0.717, 1.165) is 44.9 Å². The molecule has 0 aliphatic carbocycles. The van der Waals surface area contributed by atoms with E-state index in [1.165, 1.54) is 64.4 Å². The zero-order chi connectivity index (χ0) is 56.9. The number of aliphatic carboxylic acids is 2. The fraction of sp³-hybridized carbons (Fsp3) is 0.789. The lowest BCUT2D eigenvalue weighted by Crippen LogP contribution is -2.33. The number of nitrogens with zero attached hydrogens (tertiary/aromatic N) is 1. The van der Waals surface area contributed by atoms with Crippen molar-refractivity contribution in [3.8, 4) is 0 Å². The van der Waals surface area contributed by atoms with Crippen molar-refractivity contribution in [1.29, 1.82) is 0 Å². The fourth-order valence-corrected chi connectivity index (χ4v) is 8.68. The number of Topliss-reactive ketones (excluding diaryl/α,β-unsaturated/α-hetero) is 5. The Balaban J connectivity index is 1.98. The van der Waals surface area contributed by atoms with Gasteiger partial charge in [0.15, 0.2) is 5.78 Å². The number of amides is 2. The molecule has 0 unspecified atom stereocenters. The standard InChI is InChI=1S/C57H96N4O16/c1-44(62)45(26-28-52(67)57(2,3)39-51(66)50(65)38-47-40-58-43-61-47)21-18-19-29-59-53(68)41-77-36-34-75-32-30-60-54(69)42-76-35-33-74-31-20-23-48(63)27-25-46(56(72)73)37-49(64)22-16-14-12-10-8-6-4-5-7-9-11-13-15-17-24-55(70)71/h40,43,45-46,50,65H,4-39,41-42H2,1-3H3,(H,58,61)(H,59,68)(H,60,69)(H,70,71)(H,72,73)/t45-,46-,50+/m1/s1. The number of H-pyrrole nitrogens is 1. The molecule has 0 spiro atoms. The van der Waals surface area contributed by atoms with Crippen molar-refractivity contribution in [3.05, 3.63) is 18.2 Å². The molecule has 0 saturated carbocycles. The zero-order valence-corrected chi connectivity index (χ0v) is 46.9. The smallest absolute Gasteiger partial charge is 0.306 e. The number of imidazole rings is 1. The molecule has 0 saturated heterocycles. The van der Waals surface area contributed by atoms with E-state index < -0.39 is 35.2 Å². The lowest BCUT2D eigenvalue weighted by molar-refractivity contribution is -0.144. The minimum Gasteiger partial charge on any atom is -0.481 e. The van der Waals surface area contributed by atoms with Crippen LogP contribution in [0.2, 0.25) is 0 Å². The summed E-state index contributed by atoms with van der Waals surface area (Å²) in [4.78, 5) is 116. The molecular formula is C57H96N4O16. The van der Waals surface area contributed by atoms with Gasteiger partial charge in [0.25, 0.3) is 0 Å². The molecule has 0 aliphatic rings. The largest absolute Gasteiger partial charge is 0.481 e. The number of carboxylic acid groups (broad SMARTS) is 2. The number of ether oxygens (including phenoxy) is 4. The van der Waals surface area contributed by atoms with Crippen molar-refractivity contribution >= 4 is 52.7 Å². The highest BCUT2D eigenvalue weighted by Gasteiger charge is 2.33. The van der Waals surface area contributed by atoms with Crippen molar-refractivity contribution in [3.63, 3.8) is 0 Å². The molecule has 0 radical (unpaired) electrons. The van der Waals surface area contributed by atoms with Gasteiger partial charge in [-0.1, -0.05) is 97.3 Å². The summed E-state index contributed by atoms with van der Waals surface area (Å²) in [5, 5.41) is 34.1. The Morgan fingerprint density at radius 2 is 1.09 bits per heavy atom. The van der Waals surface area contributed by atoms with Gasteiger partial charge in [-0.15, -0.1) is 0 Å². The lowest BCUT2D eigenvalue weighted by atomic mass is 9.78. The number of aromatic nitrogens is 2. The molecule has 1 aromatic rings. The number of carboxylic acids is 2. The number of rotatable bonds is 55. The minimum absolute atomic E-state index is 0.0217. The maximum absolute atomic E-state index is 13.0. The molecule has 0 aliphatic heterocycles. The van der Waals surface area contributed by atoms with E-state index in [4.69, 9.17) is 24.1 Å². The van der Waals surface area contributed by atoms with Gasteiger partial charge < -0.3 is 49.9 Å². The van der Waals surface area contributed by atoms with Crippen LogP contribution in [0.25, 0.3) is 0 Å². The molecule has 6 N–H and O–H groups in total. The second-order valence-electron chi connectivity index (χ2n) is 20.9. The van der Waals surface area contributed by atoms with Crippen molar-refractivity contribution in [2.75, 3.05) is 65.9 Å². The van der Waals surface area contributed by atoms with Gasteiger partial charge in [-0.3, -0.25) is 43.2 Å². The summed E-state index contributed by atoms with van der Waals surface area (Å²) in [6, 6.07) is 0. The predicted octanol–water partition coefficient (Wildman–Crippen LogP) is 7.44. The molecule has 1 heterocycles. The fourth-order valence-electron chi connectivity index (χ4n) is 8.68. The number of ketones is 5. The van der Waals surface area contributed by atoms with Gasteiger partial charge in [0.2, 0.25) is 11.8 Å². The van der Waals surface area contributed by atoms with E-state index in [9.17, 15) is 53.4 Å². The van der Waals surface area contributed by atoms with E-state index in [-0.39, 0.29) is 145 Å². The van der Waals surface area contributed by atoms with E-state index in [1.807, 2.05) is 0 Å². The minimum atomic E-state index is -1.25. The Bertz CT molecular complexity index is 1820. The molecule has 2 amide bonds. The number of carbonyl (C=O) groups excluding carboxylic acids is 7. The second-order valence-corrected chi connectivity index (χ2v) is 20.9. The molecule has 1 aromatic heterocycles. The van der Waals surface area contributed by atoms with Crippen molar-refractivity contribution in [1.82, 2.24) is 20.6 Å². The van der Waals surface area contributed by atoms with Crippen molar-refractivity contribution in [2.45, 2.75) is 207 Å². The maximum Gasteiger partial charge on any atom is 0.306 e. The highest BCUT2D eigenvalue weighted by molar-refractivity contribution is 5.92. The molecule has 1 rings (SSSR count). The maximum atomic E-state index is 13.0. The number of hydrogen-bond donors (Lipinski definition) is 6. The van der Waals surface area contributed by atoms with Gasteiger partial charge in [0.1, 0.15) is 42.5 Å². The number of nitrogens with one attached hydrogen (secondary N) is 3. The van der Waals surface area contributed by atoms with Crippen LogP contribution in [0.4, 0.5) is 0 Å². The Hall–Kier alpha value is -4.76. The van der Waals surface area contributed by atoms with Crippen LogP contribution in [0.15, 0.2) is 12.5 Å². The molecule has 20 heteroatoms. The molecule has 20 nitrogen and oxygen atoms in total. The first-order chi connectivity index (χ1) is 36.9. The molecule has 440 valence electrons. The molecular weight excluding hydrogens is 997 g/mol. The van der Waals surface area contributed by atoms with Crippen LogP contribution >= 0.6 is 0 Å². The average Bonchev–Trinajstić information content (AvgIpc) is 3.89. The summed E-state index contributed by atoms with van der Waals surface area (Å²) >= 11 is 0. The average molecular weight is 1090 g/mol. The van der Waals surface area contributed by atoms with E-state index >= 15 is 0 Å². The highest BCUT2D eigenvalue weighted by Crippen LogP contribution is 2.28. The molecule has 0 bridgehead atoms. The van der Waals surface area contributed by atoms with Gasteiger partial charge >= 0.3 is 11.9 Å². The predicted molar refractivity (Wildman–Crippen MR) is 289 cm³/mol. The number of unbranched alkanes of at least 4 members (excludes halogenated alkanes) is 14. The monoisotopic (exact) mass is 1090 g/mol. The molecule has 3 atom stereocenters. The van der Waals surface area contributed by atoms with Crippen LogP contribution in [-0.4, -0.2) is 150 Å². The topological polar surface area (TPSA) is 304 Å². The van der Waals surface area contributed by atoms with Gasteiger partial charge in [0.05, 0.1) is 45.3 Å². The van der Waals surface area contributed by atoms with Crippen LogP contribution in [0.5, 0.6) is 0 Å². The third-order valence-electron chi connectivity index (χ3n) is 13.5. The normalized spacial score (nSPS) is 12.7. The van der Waals surface area contributed by atoms with Crippen LogP contribution in [0.1, 0.15) is 200 Å². The van der Waals surface area contributed by atoms with E-state index in [1.54, 1.807) is 13.8 Å². The number of aliphatic hydroxyl groups excluding tert-OH is 1. The summed E-state index contributed by atoms with van der Waals surface area (Å²) in [6.07, 6.45) is 20.8. The van der Waals surface area contributed by atoms with Gasteiger partial charge in [-0.25, -0.2) is 4.98 Å². The van der Waals surface area contributed by atoms with Crippen molar-refractivity contribution < 1.29 is 77.4 Å². The first-order valence-electron chi connectivity index (χ1n) is 28.4. The van der Waals surface area contributed by atoms with Crippen LogP contribution in [0, 0.1) is 17.3 Å². The SMILES string of the molecule is CC(=O)[C@H](CCCCNC(=O)COCCOCCNC(=O)COCCOCCCC(=O)CC[C@H](CC(=O)CCCCCCCCCCCCCCCCC(=O)O)C(=O)O)CCC(=O)C(C)(C)CC(=O)[C@@H](O)Cc1cnc[nH]1. The summed E-state index contributed by atoms with van der Waals surface area (Å²) in [5.74, 6) is -4.32. The third kappa shape index (κ3) is 40.1. The number of aromatic amines is 1. The third-order valence-corrected chi connectivity index (χ3v) is 13.5. The number of carbonyl (C=O) groups is 9. The summed E-state index contributed by atoms with van der Waals surface area (Å²) in [7, 11) is 0. The Morgan fingerprint density at radius 3 is 1.64 bits per heavy atom. The Morgan fingerprint density at radius 1 is 0.571 bits per heavy atom. The second kappa shape index (κ2) is 45.1. The highest BCUT2D eigenvalue weighted by atomic mass is 16.5. The Labute approximate surface area is 457 Å². The summed E-state index contributed by atoms with van der Waals surface area (Å²) in [6.45, 7) is 6.52. The molecule has 77 heavy (non-hydrogen) atoms. The quantitative estimate of drug-likeness (QED) is 0.0345. The van der Waals surface area contributed by atoms with Crippen LogP contribution in [0.3, 0.4) is 0 Å². The van der Waals surface area contributed by atoms with Gasteiger partial charge in [-0.05, 0) is 51.9 Å². The van der Waals surface area contributed by atoms with E-state index in [2.05, 4.69) is 20.6 Å². The Kier molecular flexibility index (Phi) is 41.2.